The standard InChI is InChI=1S/C13H24O2/c1-5-12(14)9-13(15)11(4)8-6-7-10(2)3/h7,11-12,14H,5-6,8-9H2,1-4H3. The van der Waals surface area contributed by atoms with Gasteiger partial charge in [0.15, 0.2) is 0 Å². The lowest BCUT2D eigenvalue weighted by Crippen LogP contribution is -2.18. The van der Waals surface area contributed by atoms with E-state index in [0.29, 0.717) is 12.8 Å². The molecular weight excluding hydrogens is 188 g/mol. The molecule has 0 aliphatic carbocycles. The van der Waals surface area contributed by atoms with E-state index in [0.717, 1.165) is 12.8 Å². The Bertz CT molecular complexity index is 215. The predicted molar refractivity (Wildman–Crippen MR) is 63.8 cm³/mol. The minimum Gasteiger partial charge on any atom is -0.393 e. The highest BCUT2D eigenvalue weighted by Gasteiger charge is 2.15. The van der Waals surface area contributed by atoms with Gasteiger partial charge in [-0.15, -0.1) is 0 Å². The Morgan fingerprint density at radius 2 is 2.00 bits per heavy atom. The summed E-state index contributed by atoms with van der Waals surface area (Å²) in [6.45, 7) is 7.97. The van der Waals surface area contributed by atoms with Crippen LogP contribution in [0.3, 0.4) is 0 Å². The molecule has 0 rings (SSSR count). The fourth-order valence-electron chi connectivity index (χ4n) is 1.36. The van der Waals surface area contributed by atoms with Crippen molar-refractivity contribution in [3.8, 4) is 0 Å². The molecule has 15 heavy (non-hydrogen) atoms. The van der Waals surface area contributed by atoms with Crippen LogP contribution in [0.25, 0.3) is 0 Å². The summed E-state index contributed by atoms with van der Waals surface area (Å²) >= 11 is 0. The second-order valence-corrected chi connectivity index (χ2v) is 4.49. The van der Waals surface area contributed by atoms with Crippen LogP contribution >= 0.6 is 0 Å². The molecule has 0 spiro atoms. The molecule has 2 heteroatoms. The van der Waals surface area contributed by atoms with E-state index in [2.05, 4.69) is 19.9 Å². The first-order valence-electron chi connectivity index (χ1n) is 5.81. The Labute approximate surface area is 93.4 Å². The van der Waals surface area contributed by atoms with Crippen molar-refractivity contribution in [2.45, 2.75) is 59.5 Å². The van der Waals surface area contributed by atoms with Gasteiger partial charge in [0.2, 0.25) is 0 Å². The van der Waals surface area contributed by atoms with Crippen molar-refractivity contribution in [1.29, 1.82) is 0 Å². The Morgan fingerprint density at radius 1 is 1.40 bits per heavy atom. The molecule has 0 bridgehead atoms. The number of allylic oxidation sites excluding steroid dienone is 2. The Morgan fingerprint density at radius 3 is 2.47 bits per heavy atom. The van der Waals surface area contributed by atoms with Crippen LogP contribution in [0.15, 0.2) is 11.6 Å². The van der Waals surface area contributed by atoms with E-state index in [1.54, 1.807) is 0 Å². The minimum atomic E-state index is -0.455. The fourth-order valence-corrected chi connectivity index (χ4v) is 1.36. The average Bonchev–Trinajstić information content (AvgIpc) is 2.16. The summed E-state index contributed by atoms with van der Waals surface area (Å²) in [7, 11) is 0. The molecule has 1 N–H and O–H groups in total. The zero-order valence-corrected chi connectivity index (χ0v) is 10.4. The summed E-state index contributed by atoms with van der Waals surface area (Å²) in [4.78, 5) is 11.6. The van der Waals surface area contributed by atoms with Crippen molar-refractivity contribution < 1.29 is 9.90 Å². The molecule has 0 saturated carbocycles. The summed E-state index contributed by atoms with van der Waals surface area (Å²) in [6.07, 6.45) is 4.51. The number of hydrogen-bond donors (Lipinski definition) is 1. The number of carbonyl (C=O) groups excluding carboxylic acids is 1. The van der Waals surface area contributed by atoms with E-state index in [1.165, 1.54) is 5.57 Å². The lowest BCUT2D eigenvalue weighted by Gasteiger charge is -2.11. The second kappa shape index (κ2) is 7.63. The van der Waals surface area contributed by atoms with Gasteiger partial charge in [0.25, 0.3) is 0 Å². The molecule has 2 nitrogen and oxygen atoms in total. The van der Waals surface area contributed by atoms with Gasteiger partial charge in [-0.1, -0.05) is 25.5 Å². The SMILES string of the molecule is CCC(O)CC(=O)C(C)CCC=C(C)C. The van der Waals surface area contributed by atoms with Crippen molar-refractivity contribution in [2.24, 2.45) is 5.92 Å². The molecule has 0 aromatic rings. The molecule has 2 unspecified atom stereocenters. The molecule has 0 amide bonds. The van der Waals surface area contributed by atoms with E-state index in [4.69, 9.17) is 0 Å². The summed E-state index contributed by atoms with van der Waals surface area (Å²) in [5.41, 5.74) is 1.29. The van der Waals surface area contributed by atoms with Gasteiger partial charge in [-0.25, -0.2) is 0 Å². The molecule has 0 aromatic carbocycles. The molecule has 0 saturated heterocycles. The molecule has 88 valence electrons. The lowest BCUT2D eigenvalue weighted by molar-refractivity contribution is -0.124. The third-order valence-electron chi connectivity index (χ3n) is 2.61. The number of aliphatic hydroxyl groups excluding tert-OH is 1. The maximum atomic E-state index is 11.6. The van der Waals surface area contributed by atoms with Crippen LogP contribution in [0, 0.1) is 5.92 Å². The molecule has 0 aliphatic heterocycles. The third kappa shape index (κ3) is 7.32. The number of ketones is 1. The van der Waals surface area contributed by atoms with Crippen molar-refractivity contribution in [3.63, 3.8) is 0 Å². The van der Waals surface area contributed by atoms with E-state index in [9.17, 15) is 9.90 Å². The smallest absolute Gasteiger partial charge is 0.138 e. The third-order valence-corrected chi connectivity index (χ3v) is 2.61. The zero-order valence-electron chi connectivity index (χ0n) is 10.4. The molecule has 0 radical (unpaired) electrons. The highest BCUT2D eigenvalue weighted by molar-refractivity contribution is 5.81. The molecule has 2 atom stereocenters. The van der Waals surface area contributed by atoms with Crippen LogP contribution in [0.1, 0.15) is 53.4 Å². The summed E-state index contributed by atoms with van der Waals surface area (Å²) < 4.78 is 0. The molecular formula is C13H24O2. The van der Waals surface area contributed by atoms with Crippen molar-refractivity contribution in [3.05, 3.63) is 11.6 Å². The molecule has 0 heterocycles. The largest absolute Gasteiger partial charge is 0.393 e. The first kappa shape index (κ1) is 14.4. The number of rotatable bonds is 7. The normalized spacial score (nSPS) is 14.5. The average molecular weight is 212 g/mol. The Balaban J connectivity index is 3.84. The number of aliphatic hydroxyl groups is 1. The summed E-state index contributed by atoms with van der Waals surface area (Å²) in [5, 5.41) is 9.36. The first-order valence-corrected chi connectivity index (χ1v) is 5.81. The van der Waals surface area contributed by atoms with Gasteiger partial charge in [-0.2, -0.15) is 0 Å². The maximum absolute atomic E-state index is 11.6. The van der Waals surface area contributed by atoms with E-state index >= 15 is 0 Å². The van der Waals surface area contributed by atoms with Gasteiger partial charge in [-0.05, 0) is 33.1 Å². The molecule has 0 aliphatic rings. The van der Waals surface area contributed by atoms with Crippen molar-refractivity contribution in [2.75, 3.05) is 0 Å². The van der Waals surface area contributed by atoms with E-state index in [-0.39, 0.29) is 11.7 Å². The monoisotopic (exact) mass is 212 g/mol. The van der Waals surface area contributed by atoms with Crippen LogP contribution in [0.4, 0.5) is 0 Å². The quantitative estimate of drug-likeness (QED) is 0.658. The molecule has 0 aromatic heterocycles. The van der Waals surface area contributed by atoms with Gasteiger partial charge in [-0.3, -0.25) is 4.79 Å². The molecule has 0 fully saturated rings. The van der Waals surface area contributed by atoms with Gasteiger partial charge in [0, 0.05) is 12.3 Å². The maximum Gasteiger partial charge on any atom is 0.138 e. The number of carbonyl (C=O) groups is 1. The number of Topliss-reactive ketones (excluding diaryl/α,β-unsaturated/α-hetero) is 1. The van der Waals surface area contributed by atoms with Crippen LogP contribution in [-0.2, 0) is 4.79 Å². The van der Waals surface area contributed by atoms with Gasteiger partial charge >= 0.3 is 0 Å². The van der Waals surface area contributed by atoms with Gasteiger partial charge in [0.1, 0.15) is 5.78 Å². The summed E-state index contributed by atoms with van der Waals surface area (Å²) in [5.74, 6) is 0.258. The lowest BCUT2D eigenvalue weighted by atomic mass is 9.95. The Hall–Kier alpha value is -0.630. The highest BCUT2D eigenvalue weighted by Crippen LogP contribution is 2.12. The Kier molecular flexibility index (Phi) is 7.31. The van der Waals surface area contributed by atoms with Gasteiger partial charge in [0.05, 0.1) is 6.10 Å². The number of hydrogen-bond acceptors (Lipinski definition) is 2. The van der Waals surface area contributed by atoms with Crippen LogP contribution < -0.4 is 0 Å². The topological polar surface area (TPSA) is 37.3 Å². The highest BCUT2D eigenvalue weighted by atomic mass is 16.3. The van der Waals surface area contributed by atoms with E-state index < -0.39 is 6.10 Å². The van der Waals surface area contributed by atoms with Crippen molar-refractivity contribution in [1.82, 2.24) is 0 Å². The van der Waals surface area contributed by atoms with Crippen LogP contribution in [0.2, 0.25) is 0 Å². The predicted octanol–water partition coefficient (Wildman–Crippen LogP) is 3.10. The summed E-state index contributed by atoms with van der Waals surface area (Å²) in [6, 6.07) is 0. The minimum absolute atomic E-state index is 0.0711. The van der Waals surface area contributed by atoms with Crippen LogP contribution in [0.5, 0.6) is 0 Å². The van der Waals surface area contributed by atoms with Crippen LogP contribution in [-0.4, -0.2) is 17.0 Å². The van der Waals surface area contributed by atoms with Crippen molar-refractivity contribution >= 4 is 5.78 Å². The van der Waals surface area contributed by atoms with Gasteiger partial charge < -0.3 is 5.11 Å². The zero-order chi connectivity index (χ0) is 11.8. The first-order chi connectivity index (χ1) is 6.97. The fraction of sp³-hybridized carbons (Fsp3) is 0.769. The van der Waals surface area contributed by atoms with E-state index in [1.807, 2.05) is 13.8 Å². The second-order valence-electron chi connectivity index (χ2n) is 4.49.